The van der Waals surface area contributed by atoms with Crippen molar-refractivity contribution in [2.45, 2.75) is 77.7 Å². The maximum atomic E-state index is 11.1. The Labute approximate surface area is 184 Å². The molecule has 1 aliphatic rings. The van der Waals surface area contributed by atoms with E-state index in [0.29, 0.717) is 10.8 Å². The van der Waals surface area contributed by atoms with Crippen molar-refractivity contribution in [1.29, 1.82) is 0 Å². The molecule has 1 aromatic carbocycles. The number of unbranched alkanes of at least 4 members (excludes halogenated alkanes) is 2. The van der Waals surface area contributed by atoms with Crippen molar-refractivity contribution in [3.63, 3.8) is 0 Å². The summed E-state index contributed by atoms with van der Waals surface area (Å²) in [6.45, 7) is 4.43. The number of aromatic carboxylic acids is 1. The fraction of sp³-hybridized carbons (Fsp3) is 0.500. The van der Waals surface area contributed by atoms with Crippen LogP contribution in [0.2, 0.25) is 0 Å². The number of allylic oxidation sites excluding steroid dienone is 2. The standard InChI is InChI=1S/C26H34O3S/c1-3-4-5-9-23(27)19-12-14-21(15-13-19)25-18(2)10-11-20(25)7-6-8-22-16-17-24(30-22)26(28)29/h12-17,20,23,27H,3-11H2,1-2H3,(H,28,29)/t20?,23-/m0/s1. The van der Waals surface area contributed by atoms with Crippen LogP contribution < -0.4 is 0 Å². The predicted octanol–water partition coefficient (Wildman–Crippen LogP) is 7.27. The fourth-order valence-electron chi connectivity index (χ4n) is 4.58. The number of aliphatic hydroxyl groups is 1. The highest BCUT2D eigenvalue weighted by Gasteiger charge is 2.24. The van der Waals surface area contributed by atoms with Crippen LogP contribution >= 0.6 is 11.3 Å². The monoisotopic (exact) mass is 426 g/mol. The average Bonchev–Trinajstić information content (AvgIpc) is 3.35. The second kappa shape index (κ2) is 10.9. The summed E-state index contributed by atoms with van der Waals surface area (Å²) in [6.07, 6.45) is 9.42. The van der Waals surface area contributed by atoms with E-state index in [0.717, 1.165) is 49.0 Å². The zero-order valence-electron chi connectivity index (χ0n) is 18.2. The van der Waals surface area contributed by atoms with Gasteiger partial charge in [-0.3, -0.25) is 0 Å². The molecule has 162 valence electrons. The molecule has 0 saturated carbocycles. The molecule has 0 radical (unpaired) electrons. The average molecular weight is 427 g/mol. The van der Waals surface area contributed by atoms with Crippen LogP contribution in [0.25, 0.3) is 5.57 Å². The molecule has 1 aromatic heterocycles. The molecular weight excluding hydrogens is 392 g/mol. The summed E-state index contributed by atoms with van der Waals surface area (Å²) in [5.41, 5.74) is 5.29. The fourth-order valence-corrected chi connectivity index (χ4v) is 5.47. The van der Waals surface area contributed by atoms with Gasteiger partial charge >= 0.3 is 5.97 Å². The molecule has 3 rings (SSSR count). The van der Waals surface area contributed by atoms with E-state index in [4.69, 9.17) is 5.11 Å². The van der Waals surface area contributed by atoms with Gasteiger partial charge in [0, 0.05) is 4.88 Å². The largest absolute Gasteiger partial charge is 0.477 e. The van der Waals surface area contributed by atoms with E-state index in [-0.39, 0.29) is 6.10 Å². The Balaban J connectivity index is 1.58. The van der Waals surface area contributed by atoms with Crippen molar-refractivity contribution >= 4 is 22.9 Å². The topological polar surface area (TPSA) is 57.5 Å². The summed E-state index contributed by atoms with van der Waals surface area (Å²) < 4.78 is 0. The highest BCUT2D eigenvalue weighted by atomic mass is 32.1. The minimum absolute atomic E-state index is 0.360. The first kappa shape index (κ1) is 22.8. The van der Waals surface area contributed by atoms with Gasteiger partial charge in [-0.15, -0.1) is 11.3 Å². The van der Waals surface area contributed by atoms with Crippen LogP contribution in [-0.2, 0) is 6.42 Å². The van der Waals surface area contributed by atoms with Crippen LogP contribution in [-0.4, -0.2) is 16.2 Å². The zero-order chi connectivity index (χ0) is 21.5. The summed E-state index contributed by atoms with van der Waals surface area (Å²) in [4.78, 5) is 12.6. The zero-order valence-corrected chi connectivity index (χ0v) is 19.0. The molecule has 3 nitrogen and oxygen atoms in total. The Morgan fingerprint density at radius 1 is 1.13 bits per heavy atom. The number of hydrogen-bond acceptors (Lipinski definition) is 3. The van der Waals surface area contributed by atoms with Gasteiger partial charge in [0.2, 0.25) is 0 Å². The second-order valence-corrected chi connectivity index (χ2v) is 9.69. The number of rotatable bonds is 11. The molecule has 2 atom stereocenters. The molecular formula is C26H34O3S. The third-order valence-corrected chi connectivity index (χ3v) is 7.40. The normalized spacial score (nSPS) is 17.5. The number of carboxylic acid groups (broad SMARTS) is 1. The summed E-state index contributed by atoms with van der Waals surface area (Å²) in [7, 11) is 0. The number of benzene rings is 1. The molecule has 0 saturated heterocycles. The first-order valence-electron chi connectivity index (χ1n) is 11.3. The lowest BCUT2D eigenvalue weighted by Crippen LogP contribution is -2.02. The smallest absolute Gasteiger partial charge is 0.345 e. The lowest BCUT2D eigenvalue weighted by atomic mass is 9.88. The number of carbonyl (C=O) groups is 1. The molecule has 1 heterocycles. The van der Waals surface area contributed by atoms with Crippen LogP contribution in [0.15, 0.2) is 42.0 Å². The van der Waals surface area contributed by atoms with Crippen molar-refractivity contribution in [3.8, 4) is 0 Å². The molecule has 30 heavy (non-hydrogen) atoms. The summed E-state index contributed by atoms with van der Waals surface area (Å²) in [5, 5.41) is 19.5. The lowest BCUT2D eigenvalue weighted by molar-refractivity contribution is 0.0702. The highest BCUT2D eigenvalue weighted by Crippen LogP contribution is 2.41. The van der Waals surface area contributed by atoms with Gasteiger partial charge in [0.25, 0.3) is 0 Å². The van der Waals surface area contributed by atoms with Crippen molar-refractivity contribution in [2.24, 2.45) is 5.92 Å². The molecule has 0 fully saturated rings. The Hall–Kier alpha value is -1.91. The van der Waals surface area contributed by atoms with E-state index in [1.54, 1.807) is 6.07 Å². The van der Waals surface area contributed by atoms with Crippen molar-refractivity contribution in [3.05, 3.63) is 62.9 Å². The molecule has 1 unspecified atom stereocenters. The van der Waals surface area contributed by atoms with Gasteiger partial charge in [-0.25, -0.2) is 4.79 Å². The summed E-state index contributed by atoms with van der Waals surface area (Å²) in [5.74, 6) is -0.258. The van der Waals surface area contributed by atoms with E-state index in [9.17, 15) is 9.90 Å². The number of carboxylic acids is 1. The molecule has 2 N–H and O–H groups in total. The van der Waals surface area contributed by atoms with E-state index < -0.39 is 5.97 Å². The van der Waals surface area contributed by atoms with Gasteiger partial charge in [0.05, 0.1) is 6.10 Å². The van der Waals surface area contributed by atoms with E-state index in [1.165, 1.54) is 47.3 Å². The Kier molecular flexibility index (Phi) is 8.29. The molecule has 0 spiro atoms. The van der Waals surface area contributed by atoms with Crippen LogP contribution in [0.4, 0.5) is 0 Å². The molecule has 0 aliphatic heterocycles. The summed E-state index contributed by atoms with van der Waals surface area (Å²) >= 11 is 1.40. The minimum Gasteiger partial charge on any atom is -0.477 e. The predicted molar refractivity (Wildman–Crippen MR) is 125 cm³/mol. The number of thiophene rings is 1. The van der Waals surface area contributed by atoms with E-state index in [2.05, 4.69) is 38.1 Å². The van der Waals surface area contributed by atoms with Gasteiger partial charge in [0.15, 0.2) is 0 Å². The van der Waals surface area contributed by atoms with Crippen LogP contribution in [0.1, 0.15) is 97.0 Å². The van der Waals surface area contributed by atoms with Crippen LogP contribution in [0, 0.1) is 5.92 Å². The maximum Gasteiger partial charge on any atom is 0.345 e. The van der Waals surface area contributed by atoms with Crippen molar-refractivity contribution < 1.29 is 15.0 Å². The van der Waals surface area contributed by atoms with Gasteiger partial charge in [0.1, 0.15) is 4.88 Å². The molecule has 0 bridgehead atoms. The number of hydrogen-bond donors (Lipinski definition) is 2. The Morgan fingerprint density at radius 2 is 1.90 bits per heavy atom. The van der Waals surface area contributed by atoms with Crippen LogP contribution in [0.3, 0.4) is 0 Å². The minimum atomic E-state index is -0.832. The van der Waals surface area contributed by atoms with Gasteiger partial charge in [-0.2, -0.15) is 0 Å². The number of aryl methyl sites for hydroxylation is 1. The first-order chi connectivity index (χ1) is 14.5. The number of aliphatic hydroxyl groups excluding tert-OH is 1. The molecule has 0 amide bonds. The van der Waals surface area contributed by atoms with E-state index >= 15 is 0 Å². The maximum absolute atomic E-state index is 11.1. The molecule has 2 aromatic rings. The Morgan fingerprint density at radius 3 is 2.57 bits per heavy atom. The summed E-state index contributed by atoms with van der Waals surface area (Å²) in [6, 6.07) is 12.2. The highest BCUT2D eigenvalue weighted by molar-refractivity contribution is 7.13. The third kappa shape index (κ3) is 5.83. The first-order valence-corrected chi connectivity index (χ1v) is 12.1. The van der Waals surface area contributed by atoms with Crippen molar-refractivity contribution in [2.75, 3.05) is 0 Å². The van der Waals surface area contributed by atoms with Crippen LogP contribution in [0.5, 0.6) is 0 Å². The molecule has 4 heteroatoms. The second-order valence-electron chi connectivity index (χ2n) is 8.53. The lowest BCUT2D eigenvalue weighted by Gasteiger charge is -2.17. The van der Waals surface area contributed by atoms with Gasteiger partial charge in [-0.05, 0) is 80.2 Å². The SMILES string of the molecule is CCCCC[C@H](O)c1ccc(C2=C(C)CCC2CCCc2ccc(C(=O)O)s2)cc1. The van der Waals surface area contributed by atoms with Crippen molar-refractivity contribution in [1.82, 2.24) is 0 Å². The van der Waals surface area contributed by atoms with E-state index in [1.807, 2.05) is 6.07 Å². The third-order valence-electron chi connectivity index (χ3n) is 6.27. The quantitative estimate of drug-likeness (QED) is 0.372. The Bertz CT molecular complexity index is 863. The molecule has 1 aliphatic carbocycles. The van der Waals surface area contributed by atoms with Gasteiger partial charge in [-0.1, -0.05) is 56.0 Å². The van der Waals surface area contributed by atoms with Gasteiger partial charge < -0.3 is 10.2 Å².